The van der Waals surface area contributed by atoms with Crippen molar-refractivity contribution in [1.29, 1.82) is 0 Å². The van der Waals surface area contributed by atoms with Crippen LogP contribution in [0.1, 0.15) is 50.6 Å². The molecular weight excluding hydrogens is 357 g/mol. The normalized spacial score (nSPS) is 12.3. The summed E-state index contributed by atoms with van der Waals surface area (Å²) >= 11 is 6.16. The molecule has 2 N–H and O–H groups in total. The summed E-state index contributed by atoms with van der Waals surface area (Å²) in [6, 6.07) is 4.07. The molecule has 0 saturated carbocycles. The topological polar surface area (TPSA) is 65.2 Å². The molecule has 7 heteroatoms. The average Bonchev–Trinajstić information content (AvgIpc) is 2.84. The van der Waals surface area contributed by atoms with E-state index in [0.29, 0.717) is 33.1 Å². The number of H-pyrrole nitrogens is 1. The Balaban J connectivity index is 2.24. The van der Waals surface area contributed by atoms with E-state index < -0.39 is 11.9 Å². The Morgan fingerprint density at radius 1 is 1.31 bits per heavy atom. The summed E-state index contributed by atoms with van der Waals surface area (Å²) in [5, 5.41) is 3.11. The minimum Gasteiger partial charge on any atom is -0.354 e. The molecule has 5 nitrogen and oxygen atoms in total. The third kappa shape index (κ3) is 3.97. The van der Waals surface area contributed by atoms with Crippen LogP contribution in [0.5, 0.6) is 0 Å². The molecule has 1 unspecified atom stereocenters. The predicted molar refractivity (Wildman–Crippen MR) is 100 cm³/mol. The molecular formula is C19H23ClFN3O2. The second kappa shape index (κ2) is 8.01. The molecule has 0 saturated heterocycles. The Morgan fingerprint density at radius 3 is 2.46 bits per heavy atom. The Hall–Kier alpha value is -2.18. The number of nitrogens with one attached hydrogen (secondary N) is 2. The molecule has 0 aliphatic rings. The van der Waals surface area contributed by atoms with Crippen LogP contribution in [0.15, 0.2) is 18.2 Å². The summed E-state index contributed by atoms with van der Waals surface area (Å²) in [4.78, 5) is 29.1. The Morgan fingerprint density at radius 2 is 1.96 bits per heavy atom. The van der Waals surface area contributed by atoms with Crippen molar-refractivity contribution in [3.8, 4) is 0 Å². The second-order valence-corrected chi connectivity index (χ2v) is 6.91. The van der Waals surface area contributed by atoms with Gasteiger partial charge in [0.2, 0.25) is 0 Å². The van der Waals surface area contributed by atoms with Gasteiger partial charge in [-0.25, -0.2) is 4.39 Å². The zero-order chi connectivity index (χ0) is 19.6. The van der Waals surface area contributed by atoms with E-state index in [0.717, 1.165) is 0 Å². The SMILES string of the molecule is CC(=O)c1c(C)[nH]c(C(=O)NCC(c2c(F)cccc2Cl)N(C)C)c1C. The standard InChI is InChI=1S/C19H23ClFN3O2/c1-10-16(12(3)25)11(2)23-18(10)19(26)22-9-15(24(4)5)17-13(20)7-6-8-14(17)21/h6-8,15,23H,9H2,1-5H3,(H,22,26). The Labute approximate surface area is 157 Å². The number of halogens is 2. The van der Waals surface area contributed by atoms with Gasteiger partial charge in [-0.15, -0.1) is 0 Å². The minimum absolute atomic E-state index is 0.0976. The molecule has 2 aromatic rings. The number of aromatic amines is 1. The summed E-state index contributed by atoms with van der Waals surface area (Å²) < 4.78 is 14.3. The van der Waals surface area contributed by atoms with Gasteiger partial charge in [0, 0.05) is 28.4 Å². The lowest BCUT2D eigenvalue weighted by Gasteiger charge is -2.26. The van der Waals surface area contributed by atoms with Crippen LogP contribution in [0.2, 0.25) is 5.02 Å². The van der Waals surface area contributed by atoms with Gasteiger partial charge in [-0.05, 0) is 52.6 Å². The molecule has 140 valence electrons. The van der Waals surface area contributed by atoms with Crippen LogP contribution >= 0.6 is 11.6 Å². The zero-order valence-electron chi connectivity index (χ0n) is 15.5. The first kappa shape index (κ1) is 20.1. The first-order valence-corrected chi connectivity index (χ1v) is 8.61. The van der Waals surface area contributed by atoms with E-state index in [1.165, 1.54) is 13.0 Å². The smallest absolute Gasteiger partial charge is 0.268 e. The van der Waals surface area contributed by atoms with E-state index in [1.807, 2.05) is 0 Å². The molecule has 0 aliphatic carbocycles. The summed E-state index contributed by atoms with van der Waals surface area (Å²) in [6.07, 6.45) is 0. The van der Waals surface area contributed by atoms with Crippen LogP contribution in [0.3, 0.4) is 0 Å². The lowest BCUT2D eigenvalue weighted by molar-refractivity contribution is 0.0936. The molecule has 26 heavy (non-hydrogen) atoms. The maximum Gasteiger partial charge on any atom is 0.268 e. The highest BCUT2D eigenvalue weighted by Crippen LogP contribution is 2.28. The quantitative estimate of drug-likeness (QED) is 0.753. The fourth-order valence-corrected chi connectivity index (χ4v) is 3.44. The van der Waals surface area contributed by atoms with Crippen molar-refractivity contribution in [1.82, 2.24) is 15.2 Å². The number of hydrogen-bond donors (Lipinski definition) is 2. The van der Waals surface area contributed by atoms with Crippen molar-refractivity contribution < 1.29 is 14.0 Å². The largest absolute Gasteiger partial charge is 0.354 e. The molecule has 0 spiro atoms. The van der Waals surface area contributed by atoms with Crippen molar-refractivity contribution in [2.75, 3.05) is 20.6 Å². The van der Waals surface area contributed by atoms with Crippen molar-refractivity contribution >= 4 is 23.3 Å². The molecule has 1 aromatic carbocycles. The fourth-order valence-electron chi connectivity index (χ4n) is 3.15. The molecule has 1 amide bonds. The monoisotopic (exact) mass is 379 g/mol. The minimum atomic E-state index is -0.434. The number of rotatable bonds is 6. The van der Waals surface area contributed by atoms with Crippen LogP contribution < -0.4 is 5.32 Å². The summed E-state index contributed by atoms with van der Waals surface area (Å²) in [7, 11) is 3.58. The van der Waals surface area contributed by atoms with E-state index in [-0.39, 0.29) is 18.2 Å². The molecule has 0 bridgehead atoms. The van der Waals surface area contributed by atoms with Crippen molar-refractivity contribution in [3.63, 3.8) is 0 Å². The summed E-state index contributed by atoms with van der Waals surface area (Å²) in [5.41, 5.74) is 2.46. The number of amides is 1. The van der Waals surface area contributed by atoms with E-state index in [1.54, 1.807) is 45.0 Å². The lowest BCUT2D eigenvalue weighted by atomic mass is 10.0. The van der Waals surface area contributed by atoms with Crippen molar-refractivity contribution in [2.45, 2.75) is 26.8 Å². The summed E-state index contributed by atoms with van der Waals surface area (Å²) in [6.45, 7) is 5.11. The Kier molecular flexibility index (Phi) is 6.21. The predicted octanol–water partition coefficient (Wildman–Crippen LogP) is 3.66. The molecule has 1 aromatic heterocycles. The van der Waals surface area contributed by atoms with E-state index in [2.05, 4.69) is 10.3 Å². The van der Waals surface area contributed by atoms with E-state index in [4.69, 9.17) is 11.6 Å². The number of ketones is 1. The number of nitrogens with zero attached hydrogens (tertiary/aromatic N) is 1. The average molecular weight is 380 g/mol. The van der Waals surface area contributed by atoms with Crippen LogP contribution in [-0.2, 0) is 0 Å². The molecule has 1 atom stereocenters. The highest BCUT2D eigenvalue weighted by molar-refractivity contribution is 6.31. The zero-order valence-corrected chi connectivity index (χ0v) is 16.3. The highest BCUT2D eigenvalue weighted by atomic mass is 35.5. The van der Waals surface area contributed by atoms with Gasteiger partial charge in [0.15, 0.2) is 5.78 Å². The number of Topliss-reactive ketones (excluding diaryl/α,β-unsaturated/α-hetero) is 1. The Bertz CT molecular complexity index is 825. The molecule has 0 aliphatic heterocycles. The van der Waals surface area contributed by atoms with Crippen LogP contribution in [0, 0.1) is 19.7 Å². The fraction of sp³-hybridized carbons (Fsp3) is 0.368. The molecule has 1 heterocycles. The van der Waals surface area contributed by atoms with Gasteiger partial charge in [0.05, 0.1) is 6.04 Å². The first-order valence-electron chi connectivity index (χ1n) is 8.23. The van der Waals surface area contributed by atoms with Gasteiger partial charge >= 0.3 is 0 Å². The number of aromatic nitrogens is 1. The van der Waals surface area contributed by atoms with Gasteiger partial charge in [-0.2, -0.15) is 0 Å². The molecule has 0 radical (unpaired) electrons. The lowest BCUT2D eigenvalue weighted by Crippen LogP contribution is -2.35. The molecule has 2 rings (SSSR count). The first-order chi connectivity index (χ1) is 12.1. The van der Waals surface area contributed by atoms with Crippen LogP contribution in [0.4, 0.5) is 4.39 Å². The van der Waals surface area contributed by atoms with Gasteiger partial charge in [0.1, 0.15) is 11.5 Å². The van der Waals surface area contributed by atoms with Gasteiger partial charge in [0.25, 0.3) is 5.91 Å². The molecule has 0 fully saturated rings. The number of likely N-dealkylation sites (N-methyl/N-ethyl adjacent to an activating group) is 1. The van der Waals surface area contributed by atoms with Gasteiger partial charge < -0.3 is 15.2 Å². The van der Waals surface area contributed by atoms with Crippen molar-refractivity contribution in [2.24, 2.45) is 0 Å². The number of aryl methyl sites for hydroxylation is 1. The number of benzene rings is 1. The maximum absolute atomic E-state index is 14.3. The highest BCUT2D eigenvalue weighted by Gasteiger charge is 2.24. The van der Waals surface area contributed by atoms with E-state index >= 15 is 0 Å². The van der Waals surface area contributed by atoms with E-state index in [9.17, 15) is 14.0 Å². The third-order valence-corrected chi connectivity index (χ3v) is 4.76. The van der Waals surface area contributed by atoms with Crippen LogP contribution in [0.25, 0.3) is 0 Å². The number of carbonyl (C=O) groups excluding carboxylic acids is 2. The third-order valence-electron chi connectivity index (χ3n) is 4.43. The number of hydrogen-bond acceptors (Lipinski definition) is 3. The number of carbonyl (C=O) groups is 2. The van der Waals surface area contributed by atoms with Crippen LogP contribution in [-0.4, -0.2) is 42.2 Å². The van der Waals surface area contributed by atoms with Gasteiger partial charge in [-0.3, -0.25) is 9.59 Å². The second-order valence-electron chi connectivity index (χ2n) is 6.51. The van der Waals surface area contributed by atoms with Gasteiger partial charge in [-0.1, -0.05) is 17.7 Å². The summed E-state index contributed by atoms with van der Waals surface area (Å²) in [5.74, 6) is -0.867. The van der Waals surface area contributed by atoms with Crippen molar-refractivity contribution in [3.05, 3.63) is 57.1 Å². The maximum atomic E-state index is 14.3.